The average Bonchev–Trinajstić information content (AvgIpc) is 3.87. The normalized spacial score (nSPS) is 31.1. The highest BCUT2D eigenvalue weighted by molar-refractivity contribution is 5.89. The number of aldehydes is 1. The lowest BCUT2D eigenvalue weighted by Gasteiger charge is -2.34. The van der Waals surface area contributed by atoms with E-state index in [1.165, 1.54) is 4.90 Å². The third-order valence-electron chi connectivity index (χ3n) is 9.84. The van der Waals surface area contributed by atoms with Crippen molar-refractivity contribution in [3.05, 3.63) is 23.9 Å². The molecule has 6 atom stereocenters. The summed E-state index contributed by atoms with van der Waals surface area (Å²) in [5.41, 5.74) is 1.85. The van der Waals surface area contributed by atoms with Crippen LogP contribution in [0.25, 0.3) is 11.0 Å². The van der Waals surface area contributed by atoms with Gasteiger partial charge >= 0.3 is 6.09 Å². The van der Waals surface area contributed by atoms with Gasteiger partial charge in [-0.1, -0.05) is 34.1 Å². The molecule has 2 aliphatic carbocycles. The molecule has 3 fully saturated rings. The summed E-state index contributed by atoms with van der Waals surface area (Å²) >= 11 is 0. The van der Waals surface area contributed by atoms with Crippen molar-refractivity contribution in [3.8, 4) is 11.6 Å². The minimum atomic E-state index is -0.868. The summed E-state index contributed by atoms with van der Waals surface area (Å²) in [5, 5.41) is 2.86. The van der Waals surface area contributed by atoms with Crippen LogP contribution < -0.4 is 14.8 Å². The minimum absolute atomic E-state index is 0.107. The second-order valence-electron chi connectivity index (χ2n) is 13.8. The quantitative estimate of drug-likeness (QED) is 0.519. The lowest BCUT2D eigenvalue weighted by atomic mass is 9.85. The van der Waals surface area contributed by atoms with E-state index < -0.39 is 29.7 Å². The number of rotatable bonds is 2. The Morgan fingerprint density at radius 2 is 1.86 bits per heavy atom. The first-order chi connectivity index (χ1) is 20.0. The smallest absolute Gasteiger partial charge is 0.408 e. The molecule has 2 aromatic rings. The Morgan fingerprint density at radius 1 is 1.07 bits per heavy atom. The third-order valence-corrected chi connectivity index (χ3v) is 9.84. The zero-order chi connectivity index (χ0) is 29.8. The summed E-state index contributed by atoms with van der Waals surface area (Å²) in [7, 11) is 1.61. The molecule has 6 rings (SSSR count). The van der Waals surface area contributed by atoms with E-state index in [1.54, 1.807) is 7.11 Å². The van der Waals surface area contributed by atoms with Crippen LogP contribution in [-0.2, 0) is 20.7 Å². The fourth-order valence-corrected chi connectivity index (χ4v) is 6.93. The summed E-state index contributed by atoms with van der Waals surface area (Å²) in [6.45, 7) is 7.80. The number of fused-ring (bicyclic) bond motifs is 6. The molecule has 4 aliphatic rings. The summed E-state index contributed by atoms with van der Waals surface area (Å²) < 4.78 is 17.8. The predicted molar refractivity (Wildman–Crippen MR) is 155 cm³/mol. The van der Waals surface area contributed by atoms with Crippen molar-refractivity contribution < 1.29 is 28.6 Å². The number of ether oxygens (including phenoxy) is 3. The highest BCUT2D eigenvalue weighted by atomic mass is 16.6. The maximum Gasteiger partial charge on any atom is 0.408 e. The molecular weight excluding hydrogens is 536 g/mol. The molecule has 10 heteroatoms. The van der Waals surface area contributed by atoms with Crippen molar-refractivity contribution in [2.75, 3.05) is 13.7 Å². The Labute approximate surface area is 246 Å². The van der Waals surface area contributed by atoms with Crippen molar-refractivity contribution in [1.29, 1.82) is 0 Å². The largest absolute Gasteiger partial charge is 0.497 e. The molecule has 1 saturated heterocycles. The zero-order valence-corrected chi connectivity index (χ0v) is 25.2. The van der Waals surface area contributed by atoms with E-state index >= 15 is 0 Å². The van der Waals surface area contributed by atoms with Gasteiger partial charge < -0.3 is 29.2 Å². The molecule has 1 spiro atoms. The lowest BCUT2D eigenvalue weighted by molar-refractivity contribution is -0.139. The number of benzene rings is 1. The molecule has 1 N–H and O–H groups in total. The van der Waals surface area contributed by atoms with Crippen LogP contribution in [0.2, 0.25) is 0 Å². The fourth-order valence-electron chi connectivity index (χ4n) is 6.93. The SMILES string of the molecule is COc1ccc2nc3c(nc2c1)O[C@H]1CN(C(=O)[C@H](C(C)(C)C)NC(=O)O[C@@H]2C[C@H]2C2(CCCC3)CC2)[C@H](C=O)[C@@H]1C. The number of alkyl carbamates (subject to hydrolysis) is 1. The molecule has 226 valence electrons. The Balaban J connectivity index is 1.35. The minimum Gasteiger partial charge on any atom is -0.497 e. The lowest BCUT2D eigenvalue weighted by Crippen LogP contribution is -2.56. The number of nitrogens with zero attached hydrogens (tertiary/aromatic N) is 3. The number of carbonyl (C=O) groups excluding carboxylic acids is 3. The summed E-state index contributed by atoms with van der Waals surface area (Å²) in [5.74, 6) is 0.872. The van der Waals surface area contributed by atoms with E-state index in [2.05, 4.69) is 5.32 Å². The first-order valence-corrected chi connectivity index (χ1v) is 15.3. The van der Waals surface area contributed by atoms with Crippen LogP contribution in [0.3, 0.4) is 0 Å². The van der Waals surface area contributed by atoms with Gasteiger partial charge in [0.1, 0.15) is 36.0 Å². The number of methoxy groups -OCH3 is 1. The van der Waals surface area contributed by atoms with Gasteiger partial charge in [-0.15, -0.1) is 0 Å². The molecule has 1 aromatic heterocycles. The zero-order valence-electron chi connectivity index (χ0n) is 25.2. The molecule has 3 heterocycles. The van der Waals surface area contributed by atoms with Crippen LogP contribution in [0.5, 0.6) is 11.6 Å². The van der Waals surface area contributed by atoms with Crippen LogP contribution >= 0.6 is 0 Å². The number of nitrogens with one attached hydrogen (secondary N) is 1. The van der Waals surface area contributed by atoms with Gasteiger partial charge in [-0.2, -0.15) is 0 Å². The van der Waals surface area contributed by atoms with Crippen LogP contribution in [-0.4, -0.2) is 71.1 Å². The number of aromatic nitrogens is 2. The van der Waals surface area contributed by atoms with E-state index in [0.29, 0.717) is 29.5 Å². The Bertz CT molecular complexity index is 1390. The molecule has 0 radical (unpaired) electrons. The third kappa shape index (κ3) is 5.40. The van der Waals surface area contributed by atoms with E-state index in [-0.39, 0.29) is 29.9 Å². The molecule has 1 aromatic carbocycles. The number of aryl methyl sites for hydroxylation is 1. The highest BCUT2D eigenvalue weighted by Gasteiger charge is 2.60. The molecular formula is C32H42N4O6. The van der Waals surface area contributed by atoms with Gasteiger partial charge in [-0.25, -0.2) is 14.8 Å². The maximum atomic E-state index is 14.0. The molecule has 2 aliphatic heterocycles. The average molecular weight is 579 g/mol. The second-order valence-corrected chi connectivity index (χ2v) is 13.8. The van der Waals surface area contributed by atoms with Gasteiger partial charge in [0, 0.05) is 17.9 Å². The molecule has 42 heavy (non-hydrogen) atoms. The van der Waals surface area contributed by atoms with Gasteiger partial charge in [0.05, 0.1) is 30.7 Å². The van der Waals surface area contributed by atoms with Gasteiger partial charge in [0.25, 0.3) is 0 Å². The van der Waals surface area contributed by atoms with Gasteiger partial charge in [0.2, 0.25) is 11.8 Å². The van der Waals surface area contributed by atoms with Crippen molar-refractivity contribution >= 4 is 29.3 Å². The Kier molecular flexibility index (Phi) is 7.30. The number of amides is 2. The molecule has 0 unspecified atom stereocenters. The van der Waals surface area contributed by atoms with Crippen molar-refractivity contribution in [1.82, 2.24) is 20.2 Å². The van der Waals surface area contributed by atoms with Gasteiger partial charge in [-0.05, 0) is 61.5 Å². The topological polar surface area (TPSA) is 120 Å². The number of hydrogen-bond donors (Lipinski definition) is 1. The van der Waals surface area contributed by atoms with Crippen molar-refractivity contribution in [2.24, 2.45) is 22.7 Å². The maximum absolute atomic E-state index is 14.0. The van der Waals surface area contributed by atoms with Gasteiger partial charge in [0.15, 0.2) is 0 Å². The highest BCUT2D eigenvalue weighted by Crippen LogP contribution is 2.64. The standard InChI is InChI=1S/C32H42N4O6/c1-18-24(17-37)36-16-26(18)41-28-22(33-21-10-9-19(40-5)14-23(21)34-28)8-6-7-11-32(12-13-32)20-15-25(20)42-30(39)35-27(29(36)38)31(2,3)4/h9-10,14,17-18,20,24-27H,6-8,11-13,15-16H2,1-5H3,(H,35,39)/t18-,20+,24+,25+,26-,27+/m0/s1. The molecule has 10 nitrogen and oxygen atoms in total. The van der Waals surface area contributed by atoms with E-state index in [4.69, 9.17) is 24.2 Å². The van der Waals surface area contributed by atoms with Gasteiger partial charge in [-0.3, -0.25) is 4.79 Å². The number of hydrogen-bond acceptors (Lipinski definition) is 8. The monoisotopic (exact) mass is 578 g/mol. The van der Waals surface area contributed by atoms with E-state index in [0.717, 1.165) is 56.0 Å². The molecule has 2 bridgehead atoms. The summed E-state index contributed by atoms with van der Waals surface area (Å²) in [6.07, 6.45) is 6.62. The first-order valence-electron chi connectivity index (χ1n) is 15.3. The fraction of sp³-hybridized carbons (Fsp3) is 0.656. The Hall–Kier alpha value is -3.43. The summed E-state index contributed by atoms with van der Waals surface area (Å²) in [6, 6.07) is 4.04. The predicted octanol–water partition coefficient (Wildman–Crippen LogP) is 4.47. The molecule has 2 amide bonds. The van der Waals surface area contributed by atoms with Crippen molar-refractivity contribution in [3.63, 3.8) is 0 Å². The van der Waals surface area contributed by atoms with Crippen LogP contribution in [0.15, 0.2) is 18.2 Å². The summed E-state index contributed by atoms with van der Waals surface area (Å²) in [4.78, 5) is 50.7. The van der Waals surface area contributed by atoms with Crippen LogP contribution in [0.1, 0.15) is 71.9 Å². The van der Waals surface area contributed by atoms with E-state index in [1.807, 2.05) is 45.9 Å². The Morgan fingerprint density at radius 3 is 2.55 bits per heavy atom. The number of carbonyl (C=O) groups is 3. The van der Waals surface area contributed by atoms with Crippen LogP contribution in [0, 0.1) is 22.7 Å². The first kappa shape index (κ1) is 28.7. The molecule has 2 saturated carbocycles. The van der Waals surface area contributed by atoms with Crippen molar-refractivity contribution in [2.45, 2.75) is 96.9 Å². The van der Waals surface area contributed by atoms with Crippen LogP contribution in [0.4, 0.5) is 4.79 Å². The van der Waals surface area contributed by atoms with E-state index in [9.17, 15) is 14.4 Å². The second kappa shape index (κ2) is 10.7.